The zero-order chi connectivity index (χ0) is 24.0. The molecule has 172 valence electrons. The van der Waals surface area contributed by atoms with Crippen LogP contribution >= 0.6 is 11.8 Å². The van der Waals surface area contributed by atoms with Gasteiger partial charge in [0.05, 0.1) is 16.1 Å². The lowest BCUT2D eigenvalue weighted by atomic mass is 10.1. The maximum Gasteiger partial charge on any atom is 0.337 e. The molecule has 5 nitrogen and oxygen atoms in total. The van der Waals surface area contributed by atoms with Gasteiger partial charge in [-0.3, -0.25) is 4.72 Å². The van der Waals surface area contributed by atoms with Gasteiger partial charge in [-0.05, 0) is 41.8 Å². The van der Waals surface area contributed by atoms with E-state index in [2.05, 4.69) is 16.9 Å². The molecule has 4 rings (SSSR count). The highest BCUT2D eigenvalue weighted by atomic mass is 32.2. The van der Waals surface area contributed by atoms with Gasteiger partial charge < -0.3 is 5.11 Å². The Kier molecular flexibility index (Phi) is 7.35. The van der Waals surface area contributed by atoms with E-state index in [9.17, 15) is 18.3 Å². The molecule has 0 spiro atoms. The van der Waals surface area contributed by atoms with Crippen molar-refractivity contribution in [2.45, 2.75) is 16.2 Å². The lowest BCUT2D eigenvalue weighted by Crippen LogP contribution is -2.16. The average molecular weight is 490 g/mol. The highest BCUT2D eigenvalue weighted by molar-refractivity contribution is 7.99. The first-order valence-corrected chi connectivity index (χ1v) is 13.1. The first-order valence-electron chi connectivity index (χ1n) is 10.7. The molecule has 0 saturated carbocycles. The standard InChI is InChI=1S/C27H23NO4S2/c29-27(30)24-19-22(33-18-17-20-9-3-1-4-10-20)15-16-25(24)28-34(31,32)26-14-8-7-13-23(26)21-11-5-2-6-12-21/h1-16,19,28H,17-18H2,(H,29,30). The Bertz CT molecular complexity index is 1390. The smallest absolute Gasteiger partial charge is 0.337 e. The quantitative estimate of drug-likeness (QED) is 0.274. The largest absolute Gasteiger partial charge is 0.478 e. The first-order chi connectivity index (χ1) is 16.4. The van der Waals surface area contributed by atoms with Gasteiger partial charge in [-0.1, -0.05) is 78.9 Å². The van der Waals surface area contributed by atoms with E-state index in [1.165, 1.54) is 35.5 Å². The van der Waals surface area contributed by atoms with Crippen molar-refractivity contribution in [2.24, 2.45) is 0 Å². The van der Waals surface area contributed by atoms with Crippen LogP contribution in [-0.4, -0.2) is 25.2 Å². The van der Waals surface area contributed by atoms with Crippen molar-refractivity contribution in [3.8, 4) is 11.1 Å². The van der Waals surface area contributed by atoms with E-state index in [4.69, 9.17) is 0 Å². The number of hydrogen-bond donors (Lipinski definition) is 2. The number of rotatable bonds is 9. The fraction of sp³-hybridized carbons (Fsp3) is 0.0741. The van der Waals surface area contributed by atoms with E-state index < -0.39 is 16.0 Å². The maximum absolute atomic E-state index is 13.3. The number of anilines is 1. The van der Waals surface area contributed by atoms with Gasteiger partial charge in [0.2, 0.25) is 0 Å². The van der Waals surface area contributed by atoms with E-state index in [1.807, 2.05) is 48.5 Å². The van der Waals surface area contributed by atoms with E-state index in [1.54, 1.807) is 24.3 Å². The highest BCUT2D eigenvalue weighted by Gasteiger charge is 2.22. The minimum absolute atomic E-state index is 0.0303. The van der Waals surface area contributed by atoms with Gasteiger partial charge in [-0.15, -0.1) is 11.8 Å². The summed E-state index contributed by atoms with van der Waals surface area (Å²) in [5.41, 5.74) is 2.44. The molecule has 0 bridgehead atoms. The monoisotopic (exact) mass is 489 g/mol. The van der Waals surface area contributed by atoms with Gasteiger partial charge in [0.15, 0.2) is 0 Å². The molecule has 4 aromatic rings. The predicted octanol–water partition coefficient (Wildman–Crippen LogP) is 6.19. The van der Waals surface area contributed by atoms with Crippen LogP contribution < -0.4 is 4.72 Å². The summed E-state index contributed by atoms with van der Waals surface area (Å²) in [6, 6.07) is 30.7. The molecule has 4 aromatic carbocycles. The number of carboxylic acids is 1. The first kappa shape index (κ1) is 23.6. The zero-order valence-electron chi connectivity index (χ0n) is 18.2. The van der Waals surface area contributed by atoms with Gasteiger partial charge in [-0.25, -0.2) is 13.2 Å². The van der Waals surface area contributed by atoms with Gasteiger partial charge in [0, 0.05) is 16.2 Å². The summed E-state index contributed by atoms with van der Waals surface area (Å²) in [4.78, 5) is 12.8. The van der Waals surface area contributed by atoms with E-state index in [0.29, 0.717) is 5.56 Å². The number of sulfonamides is 1. The molecular weight excluding hydrogens is 466 g/mol. The van der Waals surface area contributed by atoms with Gasteiger partial charge in [0.25, 0.3) is 10.0 Å². The molecule has 0 amide bonds. The fourth-order valence-corrected chi connectivity index (χ4v) is 5.82. The third kappa shape index (κ3) is 5.68. The normalized spacial score (nSPS) is 11.2. The van der Waals surface area contributed by atoms with Crippen molar-refractivity contribution in [3.63, 3.8) is 0 Å². The van der Waals surface area contributed by atoms with Crippen LogP contribution in [0.2, 0.25) is 0 Å². The number of thioether (sulfide) groups is 1. The van der Waals surface area contributed by atoms with Crippen LogP contribution in [-0.2, 0) is 16.4 Å². The number of carbonyl (C=O) groups is 1. The van der Waals surface area contributed by atoms with Crippen molar-refractivity contribution in [3.05, 3.63) is 114 Å². The van der Waals surface area contributed by atoms with Crippen molar-refractivity contribution in [1.29, 1.82) is 0 Å². The van der Waals surface area contributed by atoms with E-state index in [-0.39, 0.29) is 16.1 Å². The fourth-order valence-electron chi connectivity index (χ4n) is 3.57. The second-order valence-corrected chi connectivity index (χ2v) is 10.4. The Labute approximate surface area is 203 Å². The molecule has 7 heteroatoms. The molecule has 0 unspecified atom stereocenters. The van der Waals surface area contributed by atoms with Crippen LogP contribution in [0.25, 0.3) is 11.1 Å². The third-order valence-electron chi connectivity index (χ3n) is 5.23. The number of carboxylic acid groups (broad SMARTS) is 1. The van der Waals surface area contributed by atoms with Crippen molar-refractivity contribution < 1.29 is 18.3 Å². The number of aryl methyl sites for hydroxylation is 1. The Morgan fingerprint density at radius 2 is 1.47 bits per heavy atom. The number of hydrogen-bond acceptors (Lipinski definition) is 4. The average Bonchev–Trinajstić information content (AvgIpc) is 2.86. The van der Waals surface area contributed by atoms with Crippen LogP contribution in [0.5, 0.6) is 0 Å². The molecule has 2 N–H and O–H groups in total. The SMILES string of the molecule is O=C(O)c1cc(SCCc2ccccc2)ccc1NS(=O)(=O)c1ccccc1-c1ccccc1. The summed E-state index contributed by atoms with van der Waals surface area (Å²) in [6.07, 6.45) is 0.846. The van der Waals surface area contributed by atoms with Crippen LogP contribution in [0.4, 0.5) is 5.69 Å². The zero-order valence-corrected chi connectivity index (χ0v) is 19.9. The van der Waals surface area contributed by atoms with Crippen LogP contribution in [0.1, 0.15) is 15.9 Å². The summed E-state index contributed by atoms with van der Waals surface area (Å²) in [6.45, 7) is 0. The van der Waals surface area contributed by atoms with Gasteiger partial charge in [-0.2, -0.15) is 0 Å². The highest BCUT2D eigenvalue weighted by Crippen LogP contribution is 2.31. The molecule has 0 aliphatic heterocycles. The Morgan fingerprint density at radius 3 is 2.18 bits per heavy atom. The Balaban J connectivity index is 1.57. The molecule has 0 aliphatic rings. The summed E-state index contributed by atoms with van der Waals surface area (Å²) in [7, 11) is -4.03. The topological polar surface area (TPSA) is 83.5 Å². The molecule has 0 heterocycles. The Hall–Kier alpha value is -3.55. The summed E-state index contributed by atoms with van der Waals surface area (Å²) < 4.78 is 29.0. The number of nitrogens with one attached hydrogen (secondary N) is 1. The molecule has 0 radical (unpaired) electrons. The van der Waals surface area contributed by atoms with Crippen LogP contribution in [0.3, 0.4) is 0 Å². The molecule has 0 saturated heterocycles. The second-order valence-electron chi connectivity index (χ2n) is 7.56. The minimum atomic E-state index is -4.03. The maximum atomic E-state index is 13.3. The van der Waals surface area contributed by atoms with Crippen molar-refractivity contribution in [2.75, 3.05) is 10.5 Å². The molecule has 0 aliphatic carbocycles. The van der Waals surface area contributed by atoms with Crippen molar-refractivity contribution >= 4 is 33.4 Å². The van der Waals surface area contributed by atoms with Crippen LogP contribution in [0.15, 0.2) is 113 Å². The molecular formula is C27H23NO4S2. The molecule has 0 atom stereocenters. The lowest BCUT2D eigenvalue weighted by molar-refractivity contribution is 0.0697. The van der Waals surface area contributed by atoms with E-state index >= 15 is 0 Å². The molecule has 0 aromatic heterocycles. The summed E-state index contributed by atoms with van der Waals surface area (Å²) in [5, 5.41) is 9.75. The second kappa shape index (κ2) is 10.6. The molecule has 0 fully saturated rings. The Morgan fingerprint density at radius 1 is 0.824 bits per heavy atom. The summed E-state index contributed by atoms with van der Waals surface area (Å²) >= 11 is 1.53. The van der Waals surface area contributed by atoms with Gasteiger partial charge in [0.1, 0.15) is 0 Å². The number of benzene rings is 4. The van der Waals surface area contributed by atoms with E-state index in [0.717, 1.165) is 22.6 Å². The molecule has 34 heavy (non-hydrogen) atoms. The predicted molar refractivity (Wildman–Crippen MR) is 137 cm³/mol. The van der Waals surface area contributed by atoms with Crippen molar-refractivity contribution in [1.82, 2.24) is 0 Å². The lowest BCUT2D eigenvalue weighted by Gasteiger charge is -2.15. The minimum Gasteiger partial charge on any atom is -0.478 e. The summed E-state index contributed by atoms with van der Waals surface area (Å²) in [5.74, 6) is -0.418. The van der Waals surface area contributed by atoms with Crippen LogP contribution in [0, 0.1) is 0 Å². The number of aromatic carboxylic acids is 1. The third-order valence-corrected chi connectivity index (χ3v) is 7.65. The van der Waals surface area contributed by atoms with Gasteiger partial charge >= 0.3 is 5.97 Å².